The van der Waals surface area contributed by atoms with Gasteiger partial charge in [-0.15, -0.1) is 11.3 Å². The van der Waals surface area contributed by atoms with Gasteiger partial charge in [-0.3, -0.25) is 9.69 Å². The third-order valence-corrected chi connectivity index (χ3v) is 7.47. The first-order valence-electron chi connectivity index (χ1n) is 10.8. The Labute approximate surface area is 186 Å². The van der Waals surface area contributed by atoms with Gasteiger partial charge >= 0.3 is 0 Å². The topological polar surface area (TPSA) is 60.5 Å². The fourth-order valence-electron chi connectivity index (χ4n) is 4.88. The molecule has 0 aliphatic carbocycles. The van der Waals surface area contributed by atoms with Crippen LogP contribution in [0.25, 0.3) is 21.0 Å². The van der Waals surface area contributed by atoms with Crippen molar-refractivity contribution in [2.24, 2.45) is 12.8 Å². The van der Waals surface area contributed by atoms with Crippen molar-refractivity contribution in [2.75, 3.05) is 19.7 Å². The summed E-state index contributed by atoms with van der Waals surface area (Å²) in [6.07, 6.45) is 3.12. The quantitative estimate of drug-likeness (QED) is 0.499. The van der Waals surface area contributed by atoms with E-state index in [1.165, 1.54) is 33.4 Å². The van der Waals surface area contributed by atoms with Gasteiger partial charge in [0.25, 0.3) is 5.91 Å². The number of hydrogen-bond donors (Lipinski definition) is 1. The Morgan fingerprint density at radius 1 is 1.16 bits per heavy atom. The molecule has 2 aromatic carbocycles. The van der Waals surface area contributed by atoms with E-state index in [-0.39, 0.29) is 12.0 Å². The Morgan fingerprint density at radius 3 is 2.77 bits per heavy atom. The molecule has 2 aromatic heterocycles. The molecule has 0 saturated carbocycles. The monoisotopic (exact) mass is 433 g/mol. The summed E-state index contributed by atoms with van der Waals surface area (Å²) in [5.41, 5.74) is 10.7. The van der Waals surface area contributed by atoms with Crippen molar-refractivity contribution in [1.29, 1.82) is 0 Å². The molecule has 1 saturated heterocycles. The summed E-state index contributed by atoms with van der Waals surface area (Å²) in [6, 6.07) is 14.7. The number of primary amides is 1. The number of hydrogen-bond acceptors (Lipinski definition) is 4. The third-order valence-electron chi connectivity index (χ3n) is 6.27. The lowest BCUT2D eigenvalue weighted by molar-refractivity contribution is -0.0321. The van der Waals surface area contributed by atoms with Crippen LogP contribution in [0.2, 0.25) is 0 Å². The minimum Gasteiger partial charge on any atom is -0.371 e. The van der Waals surface area contributed by atoms with Gasteiger partial charge in [-0.25, -0.2) is 0 Å². The van der Waals surface area contributed by atoms with Crippen molar-refractivity contribution < 1.29 is 9.53 Å². The molecule has 1 atom stereocenters. The van der Waals surface area contributed by atoms with Crippen molar-refractivity contribution >= 4 is 38.2 Å². The predicted molar refractivity (Wildman–Crippen MR) is 127 cm³/mol. The van der Waals surface area contributed by atoms with Gasteiger partial charge in [0.2, 0.25) is 0 Å². The van der Waals surface area contributed by atoms with Crippen molar-refractivity contribution in [3.8, 4) is 0 Å². The molecule has 1 aliphatic rings. The van der Waals surface area contributed by atoms with Crippen LogP contribution in [0.1, 0.15) is 39.4 Å². The molecule has 6 heteroatoms. The smallest absolute Gasteiger partial charge is 0.259 e. The highest BCUT2D eigenvalue weighted by Crippen LogP contribution is 2.38. The summed E-state index contributed by atoms with van der Waals surface area (Å²) < 4.78 is 9.50. The Morgan fingerprint density at radius 2 is 1.97 bits per heavy atom. The number of carbonyl (C=O) groups excluding carboxylic acids is 1. The number of amides is 1. The molecule has 31 heavy (non-hydrogen) atoms. The van der Waals surface area contributed by atoms with Crippen LogP contribution in [0, 0.1) is 0 Å². The summed E-state index contributed by atoms with van der Waals surface area (Å²) in [4.78, 5) is 15.2. The van der Waals surface area contributed by atoms with Crippen molar-refractivity contribution in [2.45, 2.75) is 26.0 Å². The molecule has 0 unspecified atom stereocenters. The lowest BCUT2D eigenvalue weighted by Crippen LogP contribution is -2.38. The fraction of sp³-hybridized carbons (Fsp3) is 0.320. The van der Waals surface area contributed by atoms with Gasteiger partial charge in [-0.2, -0.15) is 0 Å². The number of morpholine rings is 1. The van der Waals surface area contributed by atoms with Gasteiger partial charge in [0.05, 0.1) is 23.1 Å². The number of fused-ring (bicyclic) bond motifs is 2. The Hall–Kier alpha value is -2.67. The number of benzene rings is 2. The Kier molecular flexibility index (Phi) is 5.30. The number of para-hydroxylation sites is 1. The van der Waals surface area contributed by atoms with E-state index in [2.05, 4.69) is 53.9 Å². The Balaban J connectivity index is 1.46. The van der Waals surface area contributed by atoms with Crippen molar-refractivity contribution in [3.63, 3.8) is 0 Å². The lowest BCUT2D eigenvalue weighted by atomic mass is 10.0. The largest absolute Gasteiger partial charge is 0.371 e. The van der Waals surface area contributed by atoms with Crippen LogP contribution in [0.15, 0.2) is 48.7 Å². The molecule has 1 amide bonds. The first-order chi connectivity index (χ1) is 15.1. The van der Waals surface area contributed by atoms with E-state index in [1.807, 2.05) is 18.2 Å². The van der Waals surface area contributed by atoms with Crippen LogP contribution >= 0.6 is 11.3 Å². The maximum absolute atomic E-state index is 12.2. The normalized spacial score (nSPS) is 17.5. The van der Waals surface area contributed by atoms with Crippen LogP contribution in [-0.2, 0) is 24.8 Å². The van der Waals surface area contributed by atoms with E-state index in [4.69, 9.17) is 10.5 Å². The average Bonchev–Trinajstić information content (AvgIpc) is 3.32. The number of ether oxygens (including phenoxy) is 1. The number of aromatic nitrogens is 1. The SMILES string of the molecule is CCc1cccc2c(CN3CCO[C@@H](c4c(C(N)=O)sc5ccccc45)C3)cn(C)c12. The zero-order valence-electron chi connectivity index (χ0n) is 17.9. The number of carbonyl (C=O) groups is 1. The number of thiophene rings is 1. The van der Waals surface area contributed by atoms with Crippen LogP contribution in [-0.4, -0.2) is 35.1 Å². The average molecular weight is 434 g/mol. The standard InChI is InChI=1S/C25H27N3O2S/c1-3-16-7-6-9-18-17(13-27(2)23(16)18)14-28-11-12-30-20(15-28)22-19-8-4-5-10-21(19)31-24(22)25(26)29/h4-10,13,20H,3,11-12,14-15H2,1-2H3,(H2,26,29)/t20-/m1/s1. The van der Waals surface area contributed by atoms with Gasteiger partial charge < -0.3 is 15.0 Å². The number of nitrogens with zero attached hydrogens (tertiary/aromatic N) is 2. The number of aryl methyl sites for hydroxylation is 2. The number of nitrogens with two attached hydrogens (primary N) is 1. The van der Waals surface area contributed by atoms with Gasteiger partial charge in [-0.05, 0) is 29.0 Å². The highest BCUT2D eigenvalue weighted by Gasteiger charge is 2.29. The minimum absolute atomic E-state index is 0.159. The third kappa shape index (κ3) is 3.55. The maximum Gasteiger partial charge on any atom is 0.259 e. The molecule has 5 nitrogen and oxygen atoms in total. The second-order valence-corrected chi connectivity index (χ2v) is 9.28. The zero-order valence-corrected chi connectivity index (χ0v) is 18.7. The summed E-state index contributed by atoms with van der Waals surface area (Å²) in [7, 11) is 2.13. The van der Waals surface area contributed by atoms with E-state index in [0.717, 1.165) is 41.7 Å². The van der Waals surface area contributed by atoms with E-state index >= 15 is 0 Å². The summed E-state index contributed by atoms with van der Waals surface area (Å²) in [5.74, 6) is -0.377. The van der Waals surface area contributed by atoms with E-state index in [0.29, 0.717) is 11.5 Å². The molecule has 5 rings (SSSR count). The molecule has 2 N–H and O–H groups in total. The van der Waals surface area contributed by atoms with Crippen LogP contribution in [0.3, 0.4) is 0 Å². The maximum atomic E-state index is 12.2. The summed E-state index contributed by atoms with van der Waals surface area (Å²) in [6.45, 7) is 5.31. The van der Waals surface area contributed by atoms with Crippen LogP contribution in [0.4, 0.5) is 0 Å². The number of rotatable bonds is 5. The van der Waals surface area contributed by atoms with Crippen LogP contribution in [0.5, 0.6) is 0 Å². The van der Waals surface area contributed by atoms with Crippen molar-refractivity contribution in [1.82, 2.24) is 9.47 Å². The minimum atomic E-state index is -0.377. The first-order valence-corrected chi connectivity index (χ1v) is 11.6. The van der Waals surface area contributed by atoms with E-state index in [1.54, 1.807) is 0 Å². The highest BCUT2D eigenvalue weighted by atomic mass is 32.1. The molecule has 4 aromatic rings. The summed E-state index contributed by atoms with van der Waals surface area (Å²) >= 11 is 1.46. The molecule has 0 spiro atoms. The molecule has 160 valence electrons. The van der Waals surface area contributed by atoms with E-state index < -0.39 is 0 Å². The Bertz CT molecular complexity index is 1270. The van der Waals surface area contributed by atoms with Gasteiger partial charge in [-0.1, -0.05) is 43.3 Å². The predicted octanol–water partition coefficient (Wildman–Crippen LogP) is 4.63. The second-order valence-electron chi connectivity index (χ2n) is 8.23. The summed E-state index contributed by atoms with van der Waals surface area (Å²) in [5, 5.41) is 2.40. The van der Waals surface area contributed by atoms with Crippen LogP contribution < -0.4 is 5.73 Å². The highest BCUT2D eigenvalue weighted by molar-refractivity contribution is 7.21. The van der Waals surface area contributed by atoms with Crippen molar-refractivity contribution in [3.05, 3.63) is 70.2 Å². The van der Waals surface area contributed by atoms with E-state index in [9.17, 15) is 4.79 Å². The molecule has 0 bridgehead atoms. The molecular weight excluding hydrogens is 406 g/mol. The zero-order chi connectivity index (χ0) is 21.5. The fourth-order valence-corrected chi connectivity index (χ4v) is 5.98. The molecular formula is C25H27N3O2S. The van der Waals surface area contributed by atoms with Gasteiger partial charge in [0, 0.05) is 48.5 Å². The second kappa shape index (κ2) is 8.11. The first kappa shape index (κ1) is 20.2. The van der Waals surface area contributed by atoms with Gasteiger partial charge in [0.1, 0.15) is 0 Å². The van der Waals surface area contributed by atoms with Gasteiger partial charge in [0.15, 0.2) is 0 Å². The molecule has 0 radical (unpaired) electrons. The molecule has 1 aliphatic heterocycles. The molecule has 3 heterocycles. The molecule has 1 fully saturated rings. The lowest BCUT2D eigenvalue weighted by Gasteiger charge is -2.33.